The van der Waals surface area contributed by atoms with Gasteiger partial charge in [0.05, 0.1) is 17.9 Å². The first kappa shape index (κ1) is 13.6. The smallest absolute Gasteiger partial charge is 0.242 e. The fraction of sp³-hybridized carbons (Fsp3) is 0.231. The van der Waals surface area contributed by atoms with Crippen molar-refractivity contribution in [3.63, 3.8) is 0 Å². The normalized spacial score (nSPS) is 12.1. The summed E-state index contributed by atoms with van der Waals surface area (Å²) in [4.78, 5) is 11.9. The zero-order chi connectivity index (χ0) is 13.8. The average molecular weight is 323 g/mol. The lowest BCUT2D eigenvalue weighted by molar-refractivity contribution is -0.122. The molecule has 0 bridgehead atoms. The van der Waals surface area contributed by atoms with Crippen LogP contribution < -0.4 is 11.1 Å². The number of aromatic nitrogens is 2. The van der Waals surface area contributed by atoms with Crippen LogP contribution in [-0.4, -0.2) is 15.7 Å². The van der Waals surface area contributed by atoms with E-state index in [9.17, 15) is 4.79 Å². The van der Waals surface area contributed by atoms with Gasteiger partial charge in [-0.15, -0.1) is 0 Å². The molecule has 1 unspecified atom stereocenters. The van der Waals surface area contributed by atoms with Crippen molar-refractivity contribution in [2.24, 2.45) is 0 Å². The molecule has 5 nitrogen and oxygen atoms in total. The minimum absolute atomic E-state index is 0.0477. The van der Waals surface area contributed by atoms with Crippen molar-refractivity contribution in [3.8, 4) is 0 Å². The Bertz CT molecular complexity index is 564. The van der Waals surface area contributed by atoms with Crippen molar-refractivity contribution in [2.45, 2.75) is 19.5 Å². The third kappa shape index (κ3) is 3.82. The summed E-state index contributed by atoms with van der Waals surface area (Å²) < 4.78 is 2.53. The van der Waals surface area contributed by atoms with E-state index < -0.39 is 0 Å². The molecular weight excluding hydrogens is 308 g/mol. The third-order valence-electron chi connectivity index (χ3n) is 2.71. The van der Waals surface area contributed by atoms with E-state index in [0.29, 0.717) is 5.69 Å². The molecule has 0 aliphatic heterocycles. The van der Waals surface area contributed by atoms with Crippen LogP contribution in [0.15, 0.2) is 41.1 Å². The highest BCUT2D eigenvalue weighted by Gasteiger charge is 2.10. The van der Waals surface area contributed by atoms with Crippen LogP contribution in [0.3, 0.4) is 0 Å². The van der Waals surface area contributed by atoms with Crippen LogP contribution in [0.2, 0.25) is 0 Å². The Morgan fingerprint density at radius 3 is 2.74 bits per heavy atom. The van der Waals surface area contributed by atoms with E-state index in [2.05, 4.69) is 26.3 Å². The molecule has 0 aliphatic rings. The van der Waals surface area contributed by atoms with Crippen molar-refractivity contribution >= 4 is 27.5 Å². The standard InChI is InChI=1S/C13H15BrN4O/c1-9(10-2-4-11(14)5-3-10)17-13(19)8-18-7-12(15)6-16-18/h2-7,9H,8,15H2,1H3,(H,17,19). The molecule has 0 radical (unpaired) electrons. The van der Waals surface area contributed by atoms with Gasteiger partial charge in [-0.3, -0.25) is 9.48 Å². The molecule has 3 N–H and O–H groups in total. The second kappa shape index (κ2) is 5.88. The zero-order valence-electron chi connectivity index (χ0n) is 10.5. The summed E-state index contributed by atoms with van der Waals surface area (Å²) in [6.45, 7) is 2.11. The topological polar surface area (TPSA) is 72.9 Å². The number of anilines is 1. The van der Waals surface area contributed by atoms with Gasteiger partial charge in [0.1, 0.15) is 6.54 Å². The van der Waals surface area contributed by atoms with E-state index in [1.54, 1.807) is 6.20 Å². The molecular formula is C13H15BrN4O. The molecule has 19 heavy (non-hydrogen) atoms. The molecule has 6 heteroatoms. The number of nitrogens with zero attached hydrogens (tertiary/aromatic N) is 2. The molecule has 1 amide bonds. The molecule has 0 saturated carbocycles. The number of nitrogens with two attached hydrogens (primary N) is 1. The van der Waals surface area contributed by atoms with Crippen LogP contribution in [0.25, 0.3) is 0 Å². The van der Waals surface area contributed by atoms with Gasteiger partial charge >= 0.3 is 0 Å². The van der Waals surface area contributed by atoms with Gasteiger partial charge in [0.25, 0.3) is 0 Å². The van der Waals surface area contributed by atoms with Gasteiger partial charge in [0.2, 0.25) is 5.91 Å². The molecule has 1 atom stereocenters. The maximum absolute atomic E-state index is 11.9. The second-order valence-electron chi connectivity index (χ2n) is 4.31. The molecule has 100 valence electrons. The molecule has 0 spiro atoms. The number of nitrogen functional groups attached to an aromatic ring is 1. The number of carbonyl (C=O) groups is 1. The van der Waals surface area contributed by atoms with Gasteiger partial charge in [-0.1, -0.05) is 28.1 Å². The molecule has 0 fully saturated rings. The quantitative estimate of drug-likeness (QED) is 0.905. The molecule has 0 saturated heterocycles. The summed E-state index contributed by atoms with van der Waals surface area (Å²) >= 11 is 3.38. The van der Waals surface area contributed by atoms with Crippen molar-refractivity contribution in [1.29, 1.82) is 0 Å². The van der Waals surface area contributed by atoms with Crippen LogP contribution in [0.1, 0.15) is 18.5 Å². The van der Waals surface area contributed by atoms with E-state index in [-0.39, 0.29) is 18.5 Å². The average Bonchev–Trinajstić information content (AvgIpc) is 2.75. The SMILES string of the molecule is CC(NC(=O)Cn1cc(N)cn1)c1ccc(Br)cc1. The Morgan fingerprint density at radius 1 is 1.47 bits per heavy atom. The number of hydrogen-bond donors (Lipinski definition) is 2. The van der Waals surface area contributed by atoms with E-state index in [4.69, 9.17) is 5.73 Å². The van der Waals surface area contributed by atoms with Crippen LogP contribution in [0.4, 0.5) is 5.69 Å². The Labute approximate surface area is 119 Å². The number of halogens is 1. The van der Waals surface area contributed by atoms with Crippen LogP contribution in [0.5, 0.6) is 0 Å². The summed E-state index contributed by atoms with van der Waals surface area (Å²) in [6.07, 6.45) is 3.15. The predicted octanol–water partition coefficient (Wildman–Crippen LogP) is 2.11. The molecule has 2 aromatic rings. The van der Waals surface area contributed by atoms with Crippen LogP contribution in [-0.2, 0) is 11.3 Å². The van der Waals surface area contributed by atoms with Gasteiger partial charge in [-0.25, -0.2) is 0 Å². The number of nitrogens with one attached hydrogen (secondary N) is 1. The minimum Gasteiger partial charge on any atom is -0.396 e. The Morgan fingerprint density at radius 2 is 2.16 bits per heavy atom. The number of carbonyl (C=O) groups excluding carboxylic acids is 1. The zero-order valence-corrected chi connectivity index (χ0v) is 12.1. The van der Waals surface area contributed by atoms with Crippen molar-refractivity contribution in [3.05, 3.63) is 46.7 Å². The summed E-state index contributed by atoms with van der Waals surface area (Å²) in [5.41, 5.74) is 7.14. The molecule has 2 rings (SSSR count). The molecule has 1 aromatic heterocycles. The lowest BCUT2D eigenvalue weighted by Crippen LogP contribution is -2.30. The lowest BCUT2D eigenvalue weighted by atomic mass is 10.1. The maximum Gasteiger partial charge on any atom is 0.242 e. The van der Waals surface area contributed by atoms with Gasteiger partial charge in [-0.05, 0) is 24.6 Å². The molecule has 0 aliphatic carbocycles. The van der Waals surface area contributed by atoms with Crippen molar-refractivity contribution < 1.29 is 4.79 Å². The van der Waals surface area contributed by atoms with Gasteiger partial charge in [-0.2, -0.15) is 5.10 Å². The number of benzene rings is 1. The fourth-order valence-corrected chi connectivity index (χ4v) is 2.00. The minimum atomic E-state index is -0.0986. The third-order valence-corrected chi connectivity index (χ3v) is 3.23. The summed E-state index contributed by atoms with van der Waals surface area (Å²) in [7, 11) is 0. The maximum atomic E-state index is 11.9. The Kier molecular flexibility index (Phi) is 4.21. The number of amides is 1. The van der Waals surface area contributed by atoms with Crippen LogP contribution in [0, 0.1) is 0 Å². The van der Waals surface area contributed by atoms with Gasteiger partial charge in [0.15, 0.2) is 0 Å². The van der Waals surface area contributed by atoms with E-state index in [0.717, 1.165) is 10.0 Å². The van der Waals surface area contributed by atoms with Crippen molar-refractivity contribution in [2.75, 3.05) is 5.73 Å². The second-order valence-corrected chi connectivity index (χ2v) is 5.23. The first-order valence-electron chi connectivity index (χ1n) is 5.87. The van der Waals surface area contributed by atoms with E-state index in [1.807, 2.05) is 31.2 Å². The largest absolute Gasteiger partial charge is 0.396 e. The van der Waals surface area contributed by atoms with Gasteiger partial charge in [0, 0.05) is 10.7 Å². The van der Waals surface area contributed by atoms with E-state index in [1.165, 1.54) is 10.9 Å². The highest BCUT2D eigenvalue weighted by Crippen LogP contribution is 2.16. The molecule has 1 aromatic carbocycles. The summed E-state index contributed by atoms with van der Waals surface area (Å²) in [5.74, 6) is -0.0986. The number of hydrogen-bond acceptors (Lipinski definition) is 3. The number of rotatable bonds is 4. The first-order valence-corrected chi connectivity index (χ1v) is 6.66. The van der Waals surface area contributed by atoms with Gasteiger partial charge < -0.3 is 11.1 Å². The molecule has 1 heterocycles. The first-order chi connectivity index (χ1) is 9.04. The monoisotopic (exact) mass is 322 g/mol. The van der Waals surface area contributed by atoms with E-state index >= 15 is 0 Å². The highest BCUT2D eigenvalue weighted by molar-refractivity contribution is 9.10. The lowest BCUT2D eigenvalue weighted by Gasteiger charge is -2.14. The van der Waals surface area contributed by atoms with Crippen LogP contribution >= 0.6 is 15.9 Å². The van der Waals surface area contributed by atoms with Crippen molar-refractivity contribution in [1.82, 2.24) is 15.1 Å². The summed E-state index contributed by atoms with van der Waals surface area (Å²) in [5, 5.41) is 6.89. The Hall–Kier alpha value is -1.82. The summed E-state index contributed by atoms with van der Waals surface area (Å²) in [6, 6.07) is 7.80. The predicted molar refractivity (Wildman–Crippen MR) is 77.3 cm³/mol. The highest BCUT2D eigenvalue weighted by atomic mass is 79.9. The fourth-order valence-electron chi connectivity index (χ4n) is 1.74. The Balaban J connectivity index is 1.93.